The van der Waals surface area contributed by atoms with Gasteiger partial charge in [0.2, 0.25) is 5.16 Å². The molecule has 1 aromatic rings. The fourth-order valence-corrected chi connectivity index (χ4v) is 4.82. The summed E-state index contributed by atoms with van der Waals surface area (Å²) in [5.41, 5.74) is 0. The summed E-state index contributed by atoms with van der Waals surface area (Å²) in [5.74, 6) is -0.944. The lowest BCUT2D eigenvalue weighted by Crippen LogP contribution is -2.25. The maximum Gasteiger partial charge on any atom is 0.307 e. The molecule has 2 aliphatic rings. The van der Waals surface area contributed by atoms with Gasteiger partial charge in [-0.2, -0.15) is 0 Å². The van der Waals surface area contributed by atoms with Crippen molar-refractivity contribution in [3.8, 4) is 0 Å². The zero-order valence-corrected chi connectivity index (χ0v) is 13.0. The largest absolute Gasteiger partial charge is 0.481 e. The second-order valence-corrected chi connectivity index (χ2v) is 7.29. The number of hydrogen-bond acceptors (Lipinski definition) is 5. The molecule has 2 atom stereocenters. The standard InChI is InChI=1S/C14H22N4O2S/c19-13(20)11-8-2-1-3-9-12(11)21-14-15-16-17-18(14)10-6-4-5-7-10/h10-12H,1-9H2,(H,19,20). The van der Waals surface area contributed by atoms with Crippen molar-refractivity contribution >= 4 is 17.7 Å². The van der Waals surface area contributed by atoms with Crippen LogP contribution in [0.25, 0.3) is 0 Å². The highest BCUT2D eigenvalue weighted by atomic mass is 32.2. The number of carbonyl (C=O) groups is 1. The Kier molecular flexibility index (Phi) is 4.77. The van der Waals surface area contributed by atoms with Crippen molar-refractivity contribution in [2.75, 3.05) is 0 Å². The molecule has 0 amide bonds. The van der Waals surface area contributed by atoms with E-state index in [4.69, 9.17) is 0 Å². The monoisotopic (exact) mass is 310 g/mol. The van der Waals surface area contributed by atoms with Gasteiger partial charge in [-0.3, -0.25) is 4.79 Å². The van der Waals surface area contributed by atoms with Gasteiger partial charge in [-0.05, 0) is 36.1 Å². The summed E-state index contributed by atoms with van der Waals surface area (Å²) in [4.78, 5) is 11.5. The minimum absolute atomic E-state index is 0.0937. The zero-order chi connectivity index (χ0) is 14.7. The van der Waals surface area contributed by atoms with E-state index in [1.165, 1.54) is 12.8 Å². The molecule has 0 aromatic carbocycles. The molecule has 0 bridgehead atoms. The van der Waals surface area contributed by atoms with E-state index in [0.29, 0.717) is 6.04 Å². The number of aliphatic carboxylic acids is 1. The number of carboxylic acids is 1. The van der Waals surface area contributed by atoms with E-state index < -0.39 is 5.97 Å². The molecule has 0 spiro atoms. The van der Waals surface area contributed by atoms with Gasteiger partial charge in [0.15, 0.2) is 0 Å². The molecular formula is C14H22N4O2S. The maximum atomic E-state index is 11.5. The summed E-state index contributed by atoms with van der Waals surface area (Å²) in [7, 11) is 0. The molecule has 7 heteroatoms. The number of thioether (sulfide) groups is 1. The summed E-state index contributed by atoms with van der Waals surface area (Å²) in [5, 5.41) is 22.5. The van der Waals surface area contributed by atoms with Crippen LogP contribution < -0.4 is 0 Å². The summed E-state index contributed by atoms with van der Waals surface area (Å²) in [6.07, 6.45) is 9.70. The molecule has 21 heavy (non-hydrogen) atoms. The van der Waals surface area contributed by atoms with E-state index in [1.54, 1.807) is 11.8 Å². The Bertz CT molecular complexity index is 487. The quantitative estimate of drug-likeness (QED) is 0.861. The number of rotatable bonds is 4. The van der Waals surface area contributed by atoms with Crippen LogP contribution in [0.3, 0.4) is 0 Å². The number of hydrogen-bond donors (Lipinski definition) is 1. The Morgan fingerprint density at radius 2 is 1.81 bits per heavy atom. The molecule has 0 saturated heterocycles. The van der Waals surface area contributed by atoms with Crippen molar-refractivity contribution in [3.63, 3.8) is 0 Å². The first-order valence-corrected chi connectivity index (χ1v) is 8.81. The maximum absolute atomic E-state index is 11.5. The number of aromatic nitrogens is 4. The van der Waals surface area contributed by atoms with E-state index in [1.807, 2.05) is 4.68 Å². The molecule has 2 saturated carbocycles. The van der Waals surface area contributed by atoms with E-state index in [-0.39, 0.29) is 11.2 Å². The van der Waals surface area contributed by atoms with E-state index >= 15 is 0 Å². The fraction of sp³-hybridized carbons (Fsp3) is 0.857. The Hall–Kier alpha value is -1.11. The minimum Gasteiger partial charge on any atom is -0.481 e. The third kappa shape index (κ3) is 3.39. The van der Waals surface area contributed by atoms with Crippen LogP contribution in [0.1, 0.15) is 63.8 Å². The van der Waals surface area contributed by atoms with Gasteiger partial charge < -0.3 is 5.11 Å². The van der Waals surface area contributed by atoms with Crippen LogP contribution >= 0.6 is 11.8 Å². The highest BCUT2D eigenvalue weighted by Gasteiger charge is 2.32. The van der Waals surface area contributed by atoms with Gasteiger partial charge in [0.1, 0.15) is 0 Å². The van der Waals surface area contributed by atoms with Crippen LogP contribution in [0.4, 0.5) is 0 Å². The minimum atomic E-state index is -0.672. The lowest BCUT2D eigenvalue weighted by atomic mass is 10.0. The number of carboxylic acid groups (broad SMARTS) is 1. The normalized spacial score (nSPS) is 27.6. The predicted molar refractivity (Wildman–Crippen MR) is 79.2 cm³/mol. The Morgan fingerprint density at radius 3 is 2.57 bits per heavy atom. The Morgan fingerprint density at radius 1 is 1.10 bits per heavy atom. The molecule has 1 aromatic heterocycles. The van der Waals surface area contributed by atoms with Crippen LogP contribution in [0, 0.1) is 5.92 Å². The second kappa shape index (κ2) is 6.77. The van der Waals surface area contributed by atoms with Crippen molar-refractivity contribution in [2.24, 2.45) is 5.92 Å². The lowest BCUT2D eigenvalue weighted by molar-refractivity contribution is -0.141. The highest BCUT2D eigenvalue weighted by molar-refractivity contribution is 7.99. The van der Waals surface area contributed by atoms with Gasteiger partial charge in [0, 0.05) is 5.25 Å². The van der Waals surface area contributed by atoms with Crippen molar-refractivity contribution in [2.45, 2.75) is 74.2 Å². The first-order valence-electron chi connectivity index (χ1n) is 7.93. The molecule has 1 heterocycles. The first-order chi connectivity index (χ1) is 10.3. The van der Waals surface area contributed by atoms with E-state index in [9.17, 15) is 9.90 Å². The number of nitrogens with zero attached hydrogens (tertiary/aromatic N) is 4. The topological polar surface area (TPSA) is 80.9 Å². The van der Waals surface area contributed by atoms with Gasteiger partial charge in [0.25, 0.3) is 0 Å². The average molecular weight is 310 g/mol. The molecule has 2 fully saturated rings. The molecule has 2 unspecified atom stereocenters. The Labute approximate surface area is 128 Å². The smallest absolute Gasteiger partial charge is 0.307 e. The van der Waals surface area contributed by atoms with Crippen molar-refractivity contribution < 1.29 is 9.90 Å². The lowest BCUT2D eigenvalue weighted by Gasteiger charge is -2.21. The fourth-order valence-electron chi connectivity index (χ4n) is 3.47. The SMILES string of the molecule is O=C(O)C1CCCCCC1Sc1nnnn1C1CCCC1. The highest BCUT2D eigenvalue weighted by Crippen LogP contribution is 2.38. The molecule has 3 rings (SSSR count). The summed E-state index contributed by atoms with van der Waals surface area (Å²) in [6.45, 7) is 0. The second-order valence-electron chi connectivity index (χ2n) is 6.08. The van der Waals surface area contributed by atoms with Crippen molar-refractivity contribution in [1.29, 1.82) is 0 Å². The van der Waals surface area contributed by atoms with Crippen molar-refractivity contribution in [3.05, 3.63) is 0 Å². The molecule has 1 N–H and O–H groups in total. The van der Waals surface area contributed by atoms with Gasteiger partial charge in [-0.25, -0.2) is 4.68 Å². The number of tetrazole rings is 1. The van der Waals surface area contributed by atoms with Crippen LogP contribution in [0.5, 0.6) is 0 Å². The van der Waals surface area contributed by atoms with Gasteiger partial charge in [0.05, 0.1) is 12.0 Å². The van der Waals surface area contributed by atoms with Crippen LogP contribution in [0.15, 0.2) is 5.16 Å². The van der Waals surface area contributed by atoms with E-state index in [2.05, 4.69) is 15.5 Å². The third-order valence-electron chi connectivity index (χ3n) is 4.66. The van der Waals surface area contributed by atoms with E-state index in [0.717, 1.165) is 50.1 Å². The van der Waals surface area contributed by atoms with Crippen LogP contribution in [0.2, 0.25) is 0 Å². The molecule has 2 aliphatic carbocycles. The van der Waals surface area contributed by atoms with Gasteiger partial charge in [-0.1, -0.05) is 43.9 Å². The zero-order valence-electron chi connectivity index (χ0n) is 12.1. The predicted octanol–water partition coefficient (Wildman–Crippen LogP) is 2.91. The summed E-state index contributed by atoms with van der Waals surface area (Å²) >= 11 is 1.58. The molecule has 0 aliphatic heterocycles. The van der Waals surface area contributed by atoms with Crippen LogP contribution in [-0.2, 0) is 4.79 Å². The van der Waals surface area contributed by atoms with Gasteiger partial charge >= 0.3 is 5.97 Å². The summed E-state index contributed by atoms with van der Waals surface area (Å²) < 4.78 is 1.93. The third-order valence-corrected chi connectivity index (χ3v) is 6.01. The summed E-state index contributed by atoms with van der Waals surface area (Å²) in [6, 6.07) is 0.400. The Balaban J connectivity index is 1.74. The van der Waals surface area contributed by atoms with Crippen molar-refractivity contribution in [1.82, 2.24) is 20.2 Å². The molecule has 0 radical (unpaired) electrons. The molecular weight excluding hydrogens is 288 g/mol. The van der Waals surface area contributed by atoms with Gasteiger partial charge in [-0.15, -0.1) is 5.10 Å². The first kappa shape index (κ1) is 14.8. The molecule has 6 nitrogen and oxygen atoms in total. The molecule has 116 valence electrons. The average Bonchev–Trinajstić information content (AvgIpc) is 3.06. The van der Waals surface area contributed by atoms with Crippen LogP contribution in [-0.4, -0.2) is 36.5 Å².